The number of rotatable bonds is 10. The van der Waals surface area contributed by atoms with E-state index in [0.29, 0.717) is 45.9 Å². The van der Waals surface area contributed by atoms with Gasteiger partial charge in [-0.25, -0.2) is 17.9 Å². The minimum absolute atomic E-state index is 0.0393. The average molecular weight is 526 g/mol. The van der Waals surface area contributed by atoms with E-state index in [1.54, 1.807) is 60.7 Å². The average Bonchev–Trinajstić information content (AvgIpc) is 3.35. The van der Waals surface area contributed by atoms with Crippen LogP contribution in [0.4, 0.5) is 0 Å². The molecule has 0 fully saturated rings. The van der Waals surface area contributed by atoms with Crippen LogP contribution >= 0.6 is 0 Å². The van der Waals surface area contributed by atoms with E-state index in [9.17, 15) is 18.0 Å². The summed E-state index contributed by atoms with van der Waals surface area (Å²) >= 11 is 0. The number of aryl methyl sites for hydroxylation is 1. The quantitative estimate of drug-likeness (QED) is 0.396. The zero-order valence-electron chi connectivity index (χ0n) is 20.4. The van der Waals surface area contributed by atoms with Crippen molar-refractivity contribution < 1.29 is 37.0 Å². The van der Waals surface area contributed by atoms with Crippen molar-refractivity contribution in [1.29, 1.82) is 0 Å². The van der Waals surface area contributed by atoms with E-state index in [2.05, 4.69) is 4.72 Å². The second-order valence-corrected chi connectivity index (χ2v) is 10.1. The standard InChI is InChI=1S/C27H27NO8S/c1-3-7-19-14-21(27(30)33-2)11-12-22(19)36-25(20-10-13-23-24(15-20)35-17-34-23)26(29)28-37(31,32)16-18-8-5-4-6-9-18/h4-6,8-15,25H,3,7,16-17H2,1-2H3,(H,28,29). The summed E-state index contributed by atoms with van der Waals surface area (Å²) in [6.45, 7) is 2.00. The molecule has 0 aliphatic carbocycles. The molecule has 1 N–H and O–H groups in total. The highest BCUT2D eigenvalue weighted by Crippen LogP contribution is 2.36. The summed E-state index contributed by atoms with van der Waals surface area (Å²) in [6.07, 6.45) is -0.0328. The Kier molecular flexibility index (Phi) is 7.98. The Morgan fingerprint density at radius 2 is 1.76 bits per heavy atom. The topological polar surface area (TPSA) is 117 Å². The highest BCUT2D eigenvalue weighted by molar-refractivity contribution is 7.89. The first-order chi connectivity index (χ1) is 17.8. The zero-order valence-corrected chi connectivity index (χ0v) is 21.2. The first kappa shape index (κ1) is 26.0. The second-order valence-electron chi connectivity index (χ2n) is 8.39. The summed E-state index contributed by atoms with van der Waals surface area (Å²) in [4.78, 5) is 25.4. The van der Waals surface area contributed by atoms with Crippen molar-refractivity contribution in [2.75, 3.05) is 13.9 Å². The smallest absolute Gasteiger partial charge is 0.337 e. The van der Waals surface area contributed by atoms with Gasteiger partial charge in [0.1, 0.15) is 5.75 Å². The van der Waals surface area contributed by atoms with Crippen LogP contribution in [0.5, 0.6) is 17.2 Å². The molecule has 3 aromatic rings. The Hall–Kier alpha value is -4.05. The van der Waals surface area contributed by atoms with Crippen molar-refractivity contribution in [3.05, 3.63) is 89.0 Å². The summed E-state index contributed by atoms with van der Waals surface area (Å²) in [6, 6.07) is 18.1. The van der Waals surface area contributed by atoms with Crippen LogP contribution in [-0.4, -0.2) is 34.2 Å². The number of sulfonamides is 1. The number of benzene rings is 3. The van der Waals surface area contributed by atoms with E-state index in [-0.39, 0.29) is 12.5 Å². The fraction of sp³-hybridized carbons (Fsp3) is 0.259. The number of amides is 1. The number of fused-ring (bicyclic) bond motifs is 1. The fourth-order valence-electron chi connectivity index (χ4n) is 3.92. The molecule has 1 aliphatic rings. The van der Waals surface area contributed by atoms with E-state index in [4.69, 9.17) is 18.9 Å². The lowest BCUT2D eigenvalue weighted by atomic mass is 10.0. The normalized spacial score (nSPS) is 13.0. The SMILES string of the molecule is CCCc1cc(C(=O)OC)ccc1OC(C(=O)NS(=O)(=O)Cc1ccccc1)c1ccc2c(c1)OCO2. The van der Waals surface area contributed by atoms with Crippen molar-refractivity contribution in [1.82, 2.24) is 4.72 Å². The number of carbonyl (C=O) groups excluding carboxylic acids is 2. The minimum Gasteiger partial charge on any atom is -0.475 e. The van der Waals surface area contributed by atoms with E-state index >= 15 is 0 Å². The number of esters is 1. The maximum absolute atomic E-state index is 13.4. The van der Waals surface area contributed by atoms with E-state index in [0.717, 1.165) is 6.42 Å². The van der Waals surface area contributed by atoms with E-state index in [1.807, 2.05) is 6.92 Å². The third kappa shape index (κ3) is 6.39. The van der Waals surface area contributed by atoms with Crippen molar-refractivity contribution in [3.8, 4) is 17.2 Å². The third-order valence-corrected chi connectivity index (χ3v) is 6.86. The molecule has 9 nitrogen and oxygen atoms in total. The fourth-order valence-corrected chi connectivity index (χ4v) is 5.03. The summed E-state index contributed by atoms with van der Waals surface area (Å²) in [7, 11) is -2.74. The molecule has 0 radical (unpaired) electrons. The summed E-state index contributed by atoms with van der Waals surface area (Å²) < 4.78 is 49.5. The van der Waals surface area contributed by atoms with Crippen molar-refractivity contribution in [3.63, 3.8) is 0 Å². The van der Waals surface area contributed by atoms with Gasteiger partial charge in [-0.3, -0.25) is 4.79 Å². The lowest BCUT2D eigenvalue weighted by Gasteiger charge is -2.21. The molecule has 37 heavy (non-hydrogen) atoms. The Morgan fingerprint density at radius 3 is 2.49 bits per heavy atom. The van der Waals surface area contributed by atoms with Crippen LogP contribution in [0.25, 0.3) is 0 Å². The maximum atomic E-state index is 13.4. The molecular formula is C27H27NO8S. The van der Waals surface area contributed by atoms with Crippen LogP contribution in [0.3, 0.4) is 0 Å². The highest BCUT2D eigenvalue weighted by atomic mass is 32.2. The highest BCUT2D eigenvalue weighted by Gasteiger charge is 2.30. The number of methoxy groups -OCH3 is 1. The largest absolute Gasteiger partial charge is 0.475 e. The Balaban J connectivity index is 1.66. The molecule has 10 heteroatoms. The predicted octanol–water partition coefficient (Wildman–Crippen LogP) is 3.92. The van der Waals surface area contributed by atoms with Gasteiger partial charge >= 0.3 is 5.97 Å². The van der Waals surface area contributed by atoms with Crippen molar-refractivity contribution in [2.45, 2.75) is 31.6 Å². The molecule has 3 aromatic carbocycles. The molecule has 0 aromatic heterocycles. The Morgan fingerprint density at radius 1 is 1.00 bits per heavy atom. The van der Waals surface area contributed by atoms with Gasteiger partial charge < -0.3 is 18.9 Å². The molecule has 1 atom stereocenters. The van der Waals surface area contributed by atoms with Gasteiger partial charge in [-0.2, -0.15) is 0 Å². The molecule has 0 saturated carbocycles. The van der Waals surface area contributed by atoms with Gasteiger partial charge in [-0.1, -0.05) is 49.7 Å². The number of ether oxygens (including phenoxy) is 4. The van der Waals surface area contributed by atoms with Gasteiger partial charge in [0.15, 0.2) is 11.5 Å². The van der Waals surface area contributed by atoms with Crippen molar-refractivity contribution in [2.24, 2.45) is 0 Å². The van der Waals surface area contributed by atoms with Crippen LogP contribution in [0.15, 0.2) is 66.7 Å². The van der Waals surface area contributed by atoms with Crippen LogP contribution < -0.4 is 18.9 Å². The lowest BCUT2D eigenvalue weighted by Crippen LogP contribution is -2.37. The van der Waals surface area contributed by atoms with Crippen LogP contribution in [0, 0.1) is 0 Å². The molecule has 0 saturated heterocycles. The van der Waals surface area contributed by atoms with Crippen LogP contribution in [0.1, 0.15) is 46.5 Å². The van der Waals surface area contributed by atoms with Crippen molar-refractivity contribution >= 4 is 21.9 Å². The monoisotopic (exact) mass is 525 g/mol. The summed E-state index contributed by atoms with van der Waals surface area (Å²) in [5.74, 6) is -0.472. The molecule has 1 unspecified atom stereocenters. The molecule has 1 aliphatic heterocycles. The first-order valence-electron chi connectivity index (χ1n) is 11.7. The molecule has 1 heterocycles. The molecular weight excluding hydrogens is 498 g/mol. The Bertz CT molecular complexity index is 1390. The van der Waals surface area contributed by atoms with Crippen LogP contribution in [0.2, 0.25) is 0 Å². The van der Waals surface area contributed by atoms with Gasteiger partial charge in [0.25, 0.3) is 5.91 Å². The third-order valence-electron chi connectivity index (χ3n) is 5.64. The van der Waals surface area contributed by atoms with Gasteiger partial charge in [0, 0.05) is 5.56 Å². The number of hydrogen-bond acceptors (Lipinski definition) is 8. The lowest BCUT2D eigenvalue weighted by molar-refractivity contribution is -0.126. The predicted molar refractivity (Wildman–Crippen MR) is 135 cm³/mol. The summed E-state index contributed by atoms with van der Waals surface area (Å²) in [5.41, 5.74) is 1.92. The van der Waals surface area contributed by atoms with Gasteiger partial charge in [0.2, 0.25) is 22.9 Å². The van der Waals surface area contributed by atoms with E-state index < -0.39 is 28.0 Å². The maximum Gasteiger partial charge on any atom is 0.337 e. The molecule has 0 bridgehead atoms. The molecule has 0 spiro atoms. The van der Waals surface area contributed by atoms with Crippen LogP contribution in [-0.2, 0) is 31.7 Å². The number of hydrogen-bond donors (Lipinski definition) is 1. The molecule has 1 amide bonds. The number of nitrogens with one attached hydrogen (secondary N) is 1. The first-order valence-corrected chi connectivity index (χ1v) is 13.3. The van der Waals surface area contributed by atoms with E-state index in [1.165, 1.54) is 13.2 Å². The minimum atomic E-state index is -4.03. The second kappa shape index (κ2) is 11.3. The summed E-state index contributed by atoms with van der Waals surface area (Å²) in [5, 5.41) is 0. The molecule has 194 valence electrons. The number of carbonyl (C=O) groups is 2. The molecule has 4 rings (SSSR count). The van der Waals surface area contributed by atoms with Gasteiger partial charge in [0.05, 0.1) is 18.4 Å². The zero-order chi connectivity index (χ0) is 26.4. The van der Waals surface area contributed by atoms with Gasteiger partial charge in [-0.05, 0) is 47.9 Å². The Labute approximate surface area is 215 Å². The van der Waals surface area contributed by atoms with Gasteiger partial charge in [-0.15, -0.1) is 0 Å².